The highest BCUT2D eigenvalue weighted by atomic mass is 19.2. The van der Waals surface area contributed by atoms with Crippen LogP contribution >= 0.6 is 0 Å². The second-order valence-electron chi connectivity index (χ2n) is 6.20. The number of pyridine rings is 1. The number of methoxy groups -OCH3 is 1. The first-order valence-corrected chi connectivity index (χ1v) is 8.57. The number of nitrogens with zero attached hydrogens (tertiary/aromatic N) is 1. The van der Waals surface area contributed by atoms with Crippen LogP contribution in [0, 0.1) is 11.6 Å². The maximum absolute atomic E-state index is 14.1. The number of hydrogen-bond donors (Lipinski definition) is 2. The molecule has 27 heavy (non-hydrogen) atoms. The summed E-state index contributed by atoms with van der Waals surface area (Å²) in [4.78, 5) is 25.2. The third-order valence-electron chi connectivity index (χ3n) is 4.32. The highest BCUT2D eigenvalue weighted by molar-refractivity contribution is 5.98. The van der Waals surface area contributed by atoms with Crippen LogP contribution in [0.1, 0.15) is 29.2 Å². The van der Waals surface area contributed by atoms with Crippen molar-refractivity contribution < 1.29 is 28.2 Å². The van der Waals surface area contributed by atoms with Gasteiger partial charge in [0.25, 0.3) is 5.91 Å². The van der Waals surface area contributed by atoms with Crippen LogP contribution in [0.25, 0.3) is 10.9 Å². The van der Waals surface area contributed by atoms with Gasteiger partial charge in [-0.25, -0.2) is 4.39 Å². The predicted octanol–water partition coefficient (Wildman–Crippen LogP) is 1.36. The van der Waals surface area contributed by atoms with Crippen molar-refractivity contribution in [3.63, 3.8) is 0 Å². The summed E-state index contributed by atoms with van der Waals surface area (Å²) in [5.74, 6) is -3.36. The molecule has 146 valence electrons. The summed E-state index contributed by atoms with van der Waals surface area (Å²) in [5, 5.41) is 11.1. The second kappa shape index (κ2) is 8.01. The Morgan fingerprint density at radius 1 is 1.37 bits per heavy atom. The Morgan fingerprint density at radius 3 is 2.74 bits per heavy atom. The van der Waals surface area contributed by atoms with Crippen molar-refractivity contribution in [2.75, 3.05) is 33.5 Å². The average Bonchev–Trinajstić information content (AvgIpc) is 3.48. The number of aliphatic hydroxyl groups excluding tert-OH is 1. The molecule has 0 saturated heterocycles. The van der Waals surface area contributed by atoms with Crippen molar-refractivity contribution in [2.45, 2.75) is 18.9 Å². The first-order chi connectivity index (χ1) is 13.0. The Balaban J connectivity index is 2.03. The molecule has 0 atom stereocenters. The number of ether oxygens (including phenoxy) is 2. The fraction of sp³-hybridized carbons (Fsp3) is 0.444. The Morgan fingerprint density at radius 2 is 2.11 bits per heavy atom. The fourth-order valence-electron chi connectivity index (χ4n) is 2.92. The number of fused-ring (bicyclic) bond motifs is 1. The summed E-state index contributed by atoms with van der Waals surface area (Å²) in [6.45, 7) is 0.324. The van der Waals surface area contributed by atoms with Crippen LogP contribution in [0.2, 0.25) is 0 Å². The molecule has 7 nitrogen and oxygen atoms in total. The Kier molecular flexibility index (Phi) is 5.71. The number of hydrogen-bond acceptors (Lipinski definition) is 5. The minimum Gasteiger partial charge on any atom is -0.491 e. The molecular weight excluding hydrogens is 362 g/mol. The number of carbonyl (C=O) groups excluding carboxylic acids is 1. The molecule has 0 aliphatic heterocycles. The molecule has 0 unspecified atom stereocenters. The first-order valence-electron chi connectivity index (χ1n) is 8.57. The smallest absolute Gasteiger partial charge is 0.256 e. The molecule has 1 aromatic heterocycles. The molecule has 1 aliphatic carbocycles. The number of amides is 1. The number of nitrogens with one attached hydrogen (secondary N) is 1. The highest BCUT2D eigenvalue weighted by Gasteiger charge is 2.30. The van der Waals surface area contributed by atoms with Crippen LogP contribution in [0.3, 0.4) is 0 Å². The molecule has 1 fully saturated rings. The lowest BCUT2D eigenvalue weighted by Gasteiger charge is -2.16. The molecule has 0 radical (unpaired) electrons. The molecule has 2 aromatic rings. The summed E-state index contributed by atoms with van der Waals surface area (Å²) in [7, 11) is 1.20. The van der Waals surface area contributed by atoms with Crippen LogP contribution in [-0.2, 0) is 4.74 Å². The van der Waals surface area contributed by atoms with Gasteiger partial charge in [-0.3, -0.25) is 9.59 Å². The van der Waals surface area contributed by atoms with Gasteiger partial charge in [0.1, 0.15) is 5.56 Å². The zero-order chi connectivity index (χ0) is 19.6. The maximum atomic E-state index is 14.1. The van der Waals surface area contributed by atoms with E-state index in [0.717, 1.165) is 18.9 Å². The number of halogens is 2. The summed E-state index contributed by atoms with van der Waals surface area (Å²) in [6.07, 6.45) is 2.97. The molecule has 0 bridgehead atoms. The zero-order valence-electron chi connectivity index (χ0n) is 14.8. The monoisotopic (exact) mass is 382 g/mol. The van der Waals surface area contributed by atoms with Crippen LogP contribution in [0.4, 0.5) is 8.78 Å². The van der Waals surface area contributed by atoms with E-state index in [0.29, 0.717) is 0 Å². The van der Waals surface area contributed by atoms with Crippen molar-refractivity contribution in [3.05, 3.63) is 39.7 Å². The molecule has 1 aromatic carbocycles. The molecule has 0 spiro atoms. The zero-order valence-corrected chi connectivity index (χ0v) is 14.8. The minimum atomic E-state index is -1.21. The van der Waals surface area contributed by atoms with E-state index in [1.807, 2.05) is 0 Å². The van der Waals surface area contributed by atoms with Crippen LogP contribution in [-0.4, -0.2) is 49.1 Å². The third-order valence-corrected chi connectivity index (χ3v) is 4.32. The van der Waals surface area contributed by atoms with Crippen molar-refractivity contribution >= 4 is 16.8 Å². The maximum Gasteiger partial charge on any atom is 0.256 e. The number of rotatable bonds is 8. The second-order valence-corrected chi connectivity index (χ2v) is 6.20. The van der Waals surface area contributed by atoms with Gasteiger partial charge >= 0.3 is 0 Å². The highest BCUT2D eigenvalue weighted by Crippen LogP contribution is 2.40. The van der Waals surface area contributed by atoms with Gasteiger partial charge in [0.2, 0.25) is 11.2 Å². The summed E-state index contributed by atoms with van der Waals surface area (Å²) < 4.78 is 39.7. The molecular formula is C18H20F2N2O5. The standard InChI is InChI=1S/C18H20F2N2O5/c1-26-17-14(20)13(19)8-11-15(17)22(10-2-3-10)9-12(16(11)24)18(25)21-4-6-27-7-5-23/h8-10,23H,2-7H2,1H3,(H,21,25). The van der Waals surface area contributed by atoms with Crippen molar-refractivity contribution in [1.29, 1.82) is 0 Å². The van der Waals surface area contributed by atoms with Gasteiger partial charge in [-0.2, -0.15) is 4.39 Å². The summed E-state index contributed by atoms with van der Waals surface area (Å²) in [5.41, 5.74) is -0.718. The van der Waals surface area contributed by atoms with Gasteiger partial charge in [0, 0.05) is 18.8 Å². The van der Waals surface area contributed by atoms with Gasteiger partial charge < -0.3 is 24.5 Å². The quantitative estimate of drug-likeness (QED) is 0.673. The van der Waals surface area contributed by atoms with Crippen molar-refractivity contribution in [3.8, 4) is 5.75 Å². The molecule has 3 rings (SSSR count). The molecule has 2 N–H and O–H groups in total. The lowest BCUT2D eigenvalue weighted by atomic mass is 10.1. The van der Waals surface area contributed by atoms with Gasteiger partial charge in [-0.05, 0) is 18.9 Å². The van der Waals surface area contributed by atoms with E-state index in [9.17, 15) is 18.4 Å². The number of benzene rings is 1. The van der Waals surface area contributed by atoms with E-state index >= 15 is 0 Å². The number of carbonyl (C=O) groups is 1. The molecule has 1 aliphatic rings. The van der Waals surface area contributed by atoms with Crippen LogP contribution in [0.5, 0.6) is 5.75 Å². The van der Waals surface area contributed by atoms with E-state index in [1.165, 1.54) is 13.3 Å². The molecule has 9 heteroatoms. The largest absolute Gasteiger partial charge is 0.491 e. The molecule has 1 heterocycles. The lowest BCUT2D eigenvalue weighted by molar-refractivity contribution is 0.0837. The van der Waals surface area contributed by atoms with Gasteiger partial charge in [-0.15, -0.1) is 0 Å². The fourth-order valence-corrected chi connectivity index (χ4v) is 2.92. The Bertz CT molecular complexity index is 924. The lowest BCUT2D eigenvalue weighted by Crippen LogP contribution is -2.32. The number of aliphatic hydroxyl groups is 1. The number of aromatic nitrogens is 1. The summed E-state index contributed by atoms with van der Waals surface area (Å²) in [6, 6.07) is 0.793. The third kappa shape index (κ3) is 3.79. The topological polar surface area (TPSA) is 89.8 Å². The van der Waals surface area contributed by atoms with E-state index in [4.69, 9.17) is 14.6 Å². The van der Waals surface area contributed by atoms with E-state index in [2.05, 4.69) is 5.32 Å². The Hall–Kier alpha value is -2.52. The summed E-state index contributed by atoms with van der Waals surface area (Å²) >= 11 is 0. The predicted molar refractivity (Wildman–Crippen MR) is 93.2 cm³/mol. The minimum absolute atomic E-state index is 0.00806. The van der Waals surface area contributed by atoms with Crippen LogP contribution in [0.15, 0.2) is 17.1 Å². The van der Waals surface area contributed by atoms with Crippen LogP contribution < -0.4 is 15.5 Å². The normalized spacial score (nSPS) is 13.8. The van der Waals surface area contributed by atoms with E-state index < -0.39 is 23.0 Å². The van der Waals surface area contributed by atoms with Crippen molar-refractivity contribution in [2.24, 2.45) is 0 Å². The van der Waals surface area contributed by atoms with Crippen molar-refractivity contribution in [1.82, 2.24) is 9.88 Å². The van der Waals surface area contributed by atoms with Gasteiger partial charge in [0.05, 0.1) is 37.8 Å². The van der Waals surface area contributed by atoms with Gasteiger partial charge in [0.15, 0.2) is 11.6 Å². The van der Waals surface area contributed by atoms with E-state index in [1.54, 1.807) is 4.57 Å². The van der Waals surface area contributed by atoms with Gasteiger partial charge in [-0.1, -0.05) is 0 Å². The van der Waals surface area contributed by atoms with E-state index in [-0.39, 0.29) is 54.6 Å². The molecule has 1 amide bonds. The molecule has 1 saturated carbocycles. The first kappa shape index (κ1) is 19.2. The SMILES string of the molecule is COc1c(F)c(F)cc2c(=O)c(C(=O)NCCOCCO)cn(C3CC3)c12. The average molecular weight is 382 g/mol. The Labute approximate surface area is 153 Å².